The summed E-state index contributed by atoms with van der Waals surface area (Å²) < 4.78 is 19.5. The molecule has 0 aromatic heterocycles. The molecule has 0 unspecified atom stereocenters. The lowest BCUT2D eigenvalue weighted by atomic mass is 9.78. The van der Waals surface area contributed by atoms with Crippen LogP contribution in [0.25, 0.3) is 0 Å². The van der Waals surface area contributed by atoms with E-state index in [1.165, 1.54) is 6.07 Å². The van der Waals surface area contributed by atoms with Crippen molar-refractivity contribution in [1.82, 2.24) is 5.32 Å². The van der Waals surface area contributed by atoms with Crippen molar-refractivity contribution in [1.29, 1.82) is 0 Å². The molecule has 24 heavy (non-hydrogen) atoms. The normalized spacial score (nSPS) is 17.5. The van der Waals surface area contributed by atoms with Crippen LogP contribution < -0.4 is 5.32 Å². The molecule has 0 aliphatic heterocycles. The van der Waals surface area contributed by atoms with Gasteiger partial charge >= 0.3 is 5.97 Å². The number of amides is 1. The minimum absolute atomic E-state index is 0.00297. The summed E-state index contributed by atoms with van der Waals surface area (Å²) in [5.41, 5.74) is -0.585. The Balaban J connectivity index is 2.06. The Morgan fingerprint density at radius 1 is 1.21 bits per heavy atom. The SMILES string of the molecule is CC(C)[C@H](C)NC(=O)COC(=O)C1(c2ccccc2F)CCCC1. The maximum atomic E-state index is 14.2. The molecule has 1 saturated carbocycles. The summed E-state index contributed by atoms with van der Waals surface area (Å²) in [4.78, 5) is 24.6. The molecule has 1 N–H and O–H groups in total. The number of hydrogen-bond acceptors (Lipinski definition) is 3. The molecular weight excluding hydrogens is 309 g/mol. The number of carbonyl (C=O) groups is 2. The number of nitrogens with one attached hydrogen (secondary N) is 1. The standard InChI is InChI=1S/C19H26FNO3/c1-13(2)14(3)21-17(22)12-24-18(23)19(10-6-7-11-19)15-8-4-5-9-16(15)20/h4-5,8-9,13-14H,6-7,10-12H2,1-3H3,(H,21,22)/t14-/m0/s1. The Bertz CT molecular complexity index is 594. The molecule has 5 heteroatoms. The molecule has 1 aromatic rings. The van der Waals surface area contributed by atoms with Gasteiger partial charge in [-0.25, -0.2) is 4.39 Å². The summed E-state index contributed by atoms with van der Waals surface area (Å²) in [7, 11) is 0. The number of halogens is 1. The van der Waals surface area contributed by atoms with Gasteiger partial charge in [0.2, 0.25) is 0 Å². The fourth-order valence-corrected chi connectivity index (χ4v) is 3.14. The monoisotopic (exact) mass is 335 g/mol. The predicted octanol–water partition coefficient (Wildman–Crippen LogP) is 3.34. The van der Waals surface area contributed by atoms with Gasteiger partial charge in [0.25, 0.3) is 5.91 Å². The van der Waals surface area contributed by atoms with Gasteiger partial charge in [0.1, 0.15) is 5.82 Å². The lowest BCUT2D eigenvalue weighted by Gasteiger charge is -2.27. The second-order valence-corrected chi connectivity index (χ2v) is 6.95. The maximum absolute atomic E-state index is 14.2. The average Bonchev–Trinajstić information content (AvgIpc) is 3.03. The van der Waals surface area contributed by atoms with Crippen molar-refractivity contribution in [3.63, 3.8) is 0 Å². The molecule has 1 fully saturated rings. The molecule has 0 heterocycles. The van der Waals surface area contributed by atoms with E-state index in [2.05, 4.69) is 5.32 Å². The summed E-state index contributed by atoms with van der Waals surface area (Å²) in [6.07, 6.45) is 2.80. The van der Waals surface area contributed by atoms with Gasteiger partial charge in [-0.05, 0) is 31.7 Å². The second kappa shape index (κ2) is 7.77. The van der Waals surface area contributed by atoms with Gasteiger partial charge in [-0.1, -0.05) is 44.9 Å². The maximum Gasteiger partial charge on any atom is 0.317 e. The number of ether oxygens (including phenoxy) is 1. The van der Waals surface area contributed by atoms with E-state index in [1.807, 2.05) is 20.8 Å². The van der Waals surface area contributed by atoms with Gasteiger partial charge in [0.15, 0.2) is 6.61 Å². The molecule has 0 spiro atoms. The predicted molar refractivity (Wildman–Crippen MR) is 89.9 cm³/mol. The molecular formula is C19H26FNO3. The van der Waals surface area contributed by atoms with Crippen LogP contribution in [0.5, 0.6) is 0 Å². The smallest absolute Gasteiger partial charge is 0.317 e. The van der Waals surface area contributed by atoms with Crippen LogP contribution in [0.3, 0.4) is 0 Å². The van der Waals surface area contributed by atoms with Gasteiger partial charge in [-0.3, -0.25) is 9.59 Å². The first kappa shape index (κ1) is 18.4. The first-order valence-electron chi connectivity index (χ1n) is 8.58. The van der Waals surface area contributed by atoms with E-state index >= 15 is 0 Å². The van der Waals surface area contributed by atoms with E-state index in [4.69, 9.17) is 4.74 Å². The molecule has 1 aliphatic carbocycles. The quantitative estimate of drug-likeness (QED) is 0.811. The minimum Gasteiger partial charge on any atom is -0.455 e. The van der Waals surface area contributed by atoms with E-state index in [9.17, 15) is 14.0 Å². The van der Waals surface area contributed by atoms with Crippen LogP contribution in [-0.4, -0.2) is 24.5 Å². The first-order valence-corrected chi connectivity index (χ1v) is 8.58. The highest BCUT2D eigenvalue weighted by Gasteiger charge is 2.45. The Morgan fingerprint density at radius 2 is 1.83 bits per heavy atom. The molecule has 0 bridgehead atoms. The Hall–Kier alpha value is -1.91. The fourth-order valence-electron chi connectivity index (χ4n) is 3.14. The zero-order valence-electron chi connectivity index (χ0n) is 14.6. The molecule has 0 saturated heterocycles. The van der Waals surface area contributed by atoms with Crippen LogP contribution >= 0.6 is 0 Å². The summed E-state index contributed by atoms with van der Waals surface area (Å²) in [6.45, 7) is 5.58. The van der Waals surface area contributed by atoms with Crippen LogP contribution in [-0.2, 0) is 19.7 Å². The highest BCUT2D eigenvalue weighted by Crippen LogP contribution is 2.43. The van der Waals surface area contributed by atoms with Gasteiger partial charge in [-0.15, -0.1) is 0 Å². The van der Waals surface area contributed by atoms with Crippen molar-refractivity contribution in [3.05, 3.63) is 35.6 Å². The van der Waals surface area contributed by atoms with Crippen molar-refractivity contribution in [2.45, 2.75) is 57.9 Å². The fraction of sp³-hybridized carbons (Fsp3) is 0.579. The van der Waals surface area contributed by atoms with E-state index in [-0.39, 0.29) is 18.6 Å². The summed E-state index contributed by atoms with van der Waals surface area (Å²) in [5.74, 6) is -0.929. The first-order chi connectivity index (χ1) is 11.4. The number of esters is 1. The largest absolute Gasteiger partial charge is 0.455 e. The number of benzene rings is 1. The van der Waals surface area contributed by atoms with Crippen LogP contribution in [0.15, 0.2) is 24.3 Å². The zero-order chi connectivity index (χ0) is 17.7. The van der Waals surface area contributed by atoms with Gasteiger partial charge in [0, 0.05) is 11.6 Å². The van der Waals surface area contributed by atoms with E-state index in [0.29, 0.717) is 24.3 Å². The number of hydrogen-bond donors (Lipinski definition) is 1. The van der Waals surface area contributed by atoms with Gasteiger partial charge < -0.3 is 10.1 Å². The second-order valence-electron chi connectivity index (χ2n) is 6.95. The van der Waals surface area contributed by atoms with E-state index in [0.717, 1.165) is 12.8 Å². The van der Waals surface area contributed by atoms with Gasteiger partial charge in [0.05, 0.1) is 5.41 Å². The molecule has 1 atom stereocenters. The Kier molecular flexibility index (Phi) is 5.97. The van der Waals surface area contributed by atoms with Crippen molar-refractivity contribution >= 4 is 11.9 Å². The molecule has 0 radical (unpaired) electrons. The van der Waals surface area contributed by atoms with Crippen molar-refractivity contribution < 1.29 is 18.7 Å². The van der Waals surface area contributed by atoms with Crippen molar-refractivity contribution in [3.8, 4) is 0 Å². The van der Waals surface area contributed by atoms with E-state index in [1.54, 1.807) is 18.2 Å². The third-order valence-electron chi connectivity index (χ3n) is 4.96. The summed E-state index contributed by atoms with van der Waals surface area (Å²) in [6, 6.07) is 6.34. The van der Waals surface area contributed by atoms with Crippen molar-refractivity contribution in [2.75, 3.05) is 6.61 Å². The van der Waals surface area contributed by atoms with Crippen LogP contribution in [0.1, 0.15) is 52.0 Å². The average molecular weight is 335 g/mol. The molecule has 132 valence electrons. The molecule has 4 nitrogen and oxygen atoms in total. The molecule has 1 aromatic carbocycles. The lowest BCUT2D eigenvalue weighted by Crippen LogP contribution is -2.41. The molecule has 2 rings (SSSR count). The summed E-state index contributed by atoms with van der Waals surface area (Å²) in [5, 5.41) is 2.80. The third kappa shape index (κ3) is 3.94. The summed E-state index contributed by atoms with van der Waals surface area (Å²) >= 11 is 0. The highest BCUT2D eigenvalue weighted by molar-refractivity contribution is 5.86. The van der Waals surface area contributed by atoms with Crippen molar-refractivity contribution in [2.24, 2.45) is 5.92 Å². The minimum atomic E-state index is -0.963. The van der Waals surface area contributed by atoms with Crippen LogP contribution in [0.4, 0.5) is 4.39 Å². The molecule has 1 amide bonds. The van der Waals surface area contributed by atoms with Crippen LogP contribution in [0, 0.1) is 11.7 Å². The highest BCUT2D eigenvalue weighted by atomic mass is 19.1. The third-order valence-corrected chi connectivity index (χ3v) is 4.96. The zero-order valence-corrected chi connectivity index (χ0v) is 14.6. The number of carbonyl (C=O) groups excluding carboxylic acids is 2. The Morgan fingerprint density at radius 3 is 2.42 bits per heavy atom. The Labute approximate surface area is 142 Å². The van der Waals surface area contributed by atoms with Gasteiger partial charge in [-0.2, -0.15) is 0 Å². The lowest BCUT2D eigenvalue weighted by molar-refractivity contribution is -0.154. The van der Waals surface area contributed by atoms with Crippen LogP contribution in [0.2, 0.25) is 0 Å². The topological polar surface area (TPSA) is 55.4 Å². The van der Waals surface area contributed by atoms with E-state index < -0.39 is 17.2 Å². The number of rotatable bonds is 6. The molecule has 1 aliphatic rings.